The molecule has 1 saturated heterocycles. The molecule has 2 aliphatic rings. The third kappa shape index (κ3) is 3.39. The Balaban J connectivity index is 1.75. The fourth-order valence-corrected chi connectivity index (χ4v) is 3.46. The Morgan fingerprint density at radius 3 is 2.96 bits per heavy atom. The maximum atomic E-state index is 11.6. The van der Waals surface area contributed by atoms with Gasteiger partial charge in [0.25, 0.3) is 0 Å². The van der Waals surface area contributed by atoms with Crippen LogP contribution in [0.5, 0.6) is 5.88 Å². The van der Waals surface area contributed by atoms with E-state index in [1.807, 2.05) is 19.3 Å². The van der Waals surface area contributed by atoms with Crippen molar-refractivity contribution in [1.29, 1.82) is 5.41 Å². The summed E-state index contributed by atoms with van der Waals surface area (Å²) < 4.78 is 8.40. The van der Waals surface area contributed by atoms with Gasteiger partial charge in [0.2, 0.25) is 11.8 Å². The van der Waals surface area contributed by atoms with Crippen LogP contribution in [0.4, 0.5) is 0 Å². The maximum absolute atomic E-state index is 11.6. The number of pyridine rings is 1. The van der Waals surface area contributed by atoms with E-state index in [1.165, 1.54) is 6.21 Å². The first-order valence-electron chi connectivity index (χ1n) is 9.30. The zero-order valence-electron chi connectivity index (χ0n) is 15.5. The third-order valence-electron chi connectivity index (χ3n) is 5.18. The number of hydrogen-bond acceptors (Lipinski definition) is 6. The summed E-state index contributed by atoms with van der Waals surface area (Å²) in [6.45, 7) is 2.60. The highest BCUT2D eigenvalue weighted by molar-refractivity contribution is 6.08. The van der Waals surface area contributed by atoms with Crippen LogP contribution >= 0.6 is 0 Å². The van der Waals surface area contributed by atoms with Gasteiger partial charge in [-0.2, -0.15) is 0 Å². The Labute approximate surface area is 157 Å². The lowest BCUT2D eigenvalue weighted by molar-refractivity contribution is -0.119. The molecule has 1 saturated carbocycles. The molecule has 0 bridgehead atoms. The van der Waals surface area contributed by atoms with Crippen LogP contribution in [0.25, 0.3) is 16.6 Å². The molecule has 142 valence electrons. The van der Waals surface area contributed by atoms with Gasteiger partial charge in [0, 0.05) is 50.0 Å². The monoisotopic (exact) mass is 368 g/mol. The normalized spacial score (nSPS) is 21.2. The van der Waals surface area contributed by atoms with E-state index in [0.29, 0.717) is 36.2 Å². The second-order valence-corrected chi connectivity index (χ2v) is 7.19. The topological polar surface area (TPSA) is 105 Å². The number of carbonyl (C=O) groups is 1. The van der Waals surface area contributed by atoms with Crippen LogP contribution in [-0.4, -0.2) is 46.4 Å². The lowest BCUT2D eigenvalue weighted by Crippen LogP contribution is -2.26. The van der Waals surface area contributed by atoms with Crippen molar-refractivity contribution in [2.24, 2.45) is 5.92 Å². The van der Waals surface area contributed by atoms with Gasteiger partial charge >= 0.3 is 0 Å². The minimum atomic E-state index is -0.158. The molecule has 0 aromatic carbocycles. The molecule has 1 aliphatic heterocycles. The molecule has 0 unspecified atom stereocenters. The van der Waals surface area contributed by atoms with E-state index < -0.39 is 0 Å². The van der Waals surface area contributed by atoms with E-state index in [1.54, 1.807) is 13.2 Å². The lowest BCUT2D eigenvalue weighted by Gasteiger charge is -2.20. The van der Waals surface area contributed by atoms with Crippen LogP contribution < -0.4 is 15.4 Å². The second kappa shape index (κ2) is 7.02. The number of rotatable bonds is 7. The Bertz CT molecular complexity index is 914. The number of nitrogens with one attached hydrogen (secondary N) is 3. The Kier molecular flexibility index (Phi) is 4.55. The van der Waals surface area contributed by atoms with Gasteiger partial charge in [-0.25, -0.2) is 9.97 Å². The first-order chi connectivity index (χ1) is 13.1. The predicted molar refractivity (Wildman–Crippen MR) is 103 cm³/mol. The molecular weight excluding hydrogens is 344 g/mol. The fourth-order valence-electron chi connectivity index (χ4n) is 3.46. The number of imidazole rings is 1. The maximum Gasteiger partial charge on any atom is 0.241 e. The molecule has 2 aromatic rings. The van der Waals surface area contributed by atoms with Crippen LogP contribution in [0.15, 0.2) is 18.6 Å². The SMILES string of the molecule is CN/C=C(\C=N)c1cc2ncn(C3CC3)c2c(O[C@H](C)[C@H]2CNC(=O)C2)n1. The molecular formula is C19H24N6O2. The average molecular weight is 368 g/mol. The van der Waals surface area contributed by atoms with Crippen molar-refractivity contribution < 1.29 is 9.53 Å². The molecule has 3 heterocycles. The summed E-state index contributed by atoms with van der Waals surface area (Å²) in [7, 11) is 1.79. The standard InChI is InChI=1S/C19H24N6O2/c1-11(12-5-17(26)22-9-12)27-19-18-16(23-10-25(18)14-3-4-14)6-15(24-19)13(7-20)8-21-2/h6-8,10-12,14,20-21H,3-5,9H2,1-2H3,(H,22,26)/b13-8+,20-7?/t11-,12-/m1/s1. The van der Waals surface area contributed by atoms with E-state index in [-0.39, 0.29) is 17.9 Å². The van der Waals surface area contributed by atoms with Crippen molar-refractivity contribution in [3.05, 3.63) is 24.3 Å². The Morgan fingerprint density at radius 1 is 1.52 bits per heavy atom. The minimum absolute atomic E-state index is 0.0633. The summed E-state index contributed by atoms with van der Waals surface area (Å²) in [4.78, 5) is 20.8. The molecule has 8 heteroatoms. The second-order valence-electron chi connectivity index (χ2n) is 7.19. The molecule has 4 rings (SSSR count). The van der Waals surface area contributed by atoms with Crippen molar-refractivity contribution in [1.82, 2.24) is 25.2 Å². The van der Waals surface area contributed by atoms with Gasteiger partial charge < -0.3 is 25.3 Å². The molecule has 0 spiro atoms. The summed E-state index contributed by atoms with van der Waals surface area (Å²) in [6, 6.07) is 2.34. The zero-order chi connectivity index (χ0) is 19.0. The van der Waals surface area contributed by atoms with Crippen LogP contribution in [0.1, 0.15) is 37.9 Å². The molecule has 2 aromatic heterocycles. The Morgan fingerprint density at radius 2 is 2.33 bits per heavy atom. The number of ether oxygens (including phenoxy) is 1. The highest BCUT2D eigenvalue weighted by Crippen LogP contribution is 2.40. The number of amides is 1. The molecule has 3 N–H and O–H groups in total. The van der Waals surface area contributed by atoms with Crippen molar-refractivity contribution in [2.45, 2.75) is 38.3 Å². The quantitative estimate of drug-likeness (QED) is 0.647. The van der Waals surface area contributed by atoms with E-state index >= 15 is 0 Å². The first-order valence-corrected chi connectivity index (χ1v) is 9.30. The third-order valence-corrected chi connectivity index (χ3v) is 5.18. The van der Waals surface area contributed by atoms with Crippen LogP contribution in [0, 0.1) is 11.3 Å². The van der Waals surface area contributed by atoms with Gasteiger partial charge in [-0.05, 0) is 25.8 Å². The van der Waals surface area contributed by atoms with Crippen molar-refractivity contribution in [3.63, 3.8) is 0 Å². The number of fused-ring (bicyclic) bond motifs is 1. The Hall–Kier alpha value is -2.90. The van der Waals surface area contributed by atoms with E-state index in [0.717, 1.165) is 23.9 Å². The highest BCUT2D eigenvalue weighted by Gasteiger charge is 2.31. The van der Waals surface area contributed by atoms with Crippen LogP contribution in [0.2, 0.25) is 0 Å². The summed E-state index contributed by atoms with van der Waals surface area (Å²) in [6.07, 6.45) is 7.41. The lowest BCUT2D eigenvalue weighted by atomic mass is 10.0. The van der Waals surface area contributed by atoms with Crippen LogP contribution in [-0.2, 0) is 4.79 Å². The first kappa shape index (κ1) is 17.5. The largest absolute Gasteiger partial charge is 0.473 e. The molecule has 2 atom stereocenters. The van der Waals surface area contributed by atoms with Crippen molar-refractivity contribution in [3.8, 4) is 5.88 Å². The minimum Gasteiger partial charge on any atom is -0.473 e. The summed E-state index contributed by atoms with van der Waals surface area (Å²) in [5.41, 5.74) is 2.98. The molecule has 2 fully saturated rings. The molecule has 1 amide bonds. The number of carbonyl (C=O) groups excluding carboxylic acids is 1. The van der Waals surface area contributed by atoms with Gasteiger partial charge in [0.05, 0.1) is 17.5 Å². The molecule has 1 aliphatic carbocycles. The predicted octanol–water partition coefficient (Wildman–Crippen LogP) is 1.88. The molecule has 0 radical (unpaired) electrons. The zero-order valence-corrected chi connectivity index (χ0v) is 15.5. The van der Waals surface area contributed by atoms with Gasteiger partial charge in [0.15, 0.2) is 0 Å². The van der Waals surface area contributed by atoms with E-state index in [9.17, 15) is 4.79 Å². The van der Waals surface area contributed by atoms with Gasteiger partial charge in [0.1, 0.15) is 11.6 Å². The summed E-state index contributed by atoms with van der Waals surface area (Å²) >= 11 is 0. The summed E-state index contributed by atoms with van der Waals surface area (Å²) in [5, 5.41) is 13.5. The summed E-state index contributed by atoms with van der Waals surface area (Å²) in [5.74, 6) is 0.696. The van der Waals surface area contributed by atoms with E-state index in [4.69, 9.17) is 15.1 Å². The number of hydrogen-bond donors (Lipinski definition) is 3. The van der Waals surface area contributed by atoms with Gasteiger partial charge in [-0.15, -0.1) is 0 Å². The number of nitrogens with zero attached hydrogens (tertiary/aromatic N) is 3. The van der Waals surface area contributed by atoms with Gasteiger partial charge in [-0.1, -0.05) is 0 Å². The van der Waals surface area contributed by atoms with Gasteiger partial charge in [-0.3, -0.25) is 4.79 Å². The average Bonchev–Trinajstić information content (AvgIpc) is 3.26. The smallest absolute Gasteiger partial charge is 0.241 e. The van der Waals surface area contributed by atoms with Crippen molar-refractivity contribution >= 4 is 28.7 Å². The molecule has 8 nitrogen and oxygen atoms in total. The van der Waals surface area contributed by atoms with Crippen LogP contribution in [0.3, 0.4) is 0 Å². The molecule has 27 heavy (non-hydrogen) atoms. The van der Waals surface area contributed by atoms with Crippen molar-refractivity contribution in [2.75, 3.05) is 13.6 Å². The number of allylic oxidation sites excluding steroid dienone is 1. The highest BCUT2D eigenvalue weighted by atomic mass is 16.5. The fraction of sp³-hybridized carbons (Fsp3) is 0.474. The van der Waals surface area contributed by atoms with E-state index in [2.05, 4.69) is 20.2 Å². The number of aromatic nitrogens is 3.